The van der Waals surface area contributed by atoms with Crippen molar-refractivity contribution < 1.29 is 18.0 Å². The molecule has 0 spiro atoms. The SMILES string of the molecule is CC(C)(C)c1ccc(C(=O)c2cccc(NS(=O)(=O)c3ccc(N4CCCC4=O)cc3)c2)cc1. The fraction of sp³-hybridized carbons (Fsp3) is 0.259. The molecule has 1 aliphatic heterocycles. The van der Waals surface area contributed by atoms with Gasteiger partial charge in [-0.3, -0.25) is 14.3 Å². The summed E-state index contributed by atoms with van der Waals surface area (Å²) in [5.74, 6) is -0.135. The Morgan fingerprint density at radius 3 is 2.18 bits per heavy atom. The third-order valence-corrected chi connectivity index (χ3v) is 7.32. The van der Waals surface area contributed by atoms with Crippen molar-refractivity contribution in [2.24, 2.45) is 0 Å². The summed E-state index contributed by atoms with van der Waals surface area (Å²) >= 11 is 0. The maximum atomic E-state index is 13.0. The van der Waals surface area contributed by atoms with Gasteiger partial charge >= 0.3 is 0 Å². The summed E-state index contributed by atoms with van der Waals surface area (Å²) in [5.41, 5.74) is 3.04. The summed E-state index contributed by atoms with van der Waals surface area (Å²) in [6, 6.07) is 20.2. The van der Waals surface area contributed by atoms with E-state index in [0.29, 0.717) is 35.5 Å². The van der Waals surface area contributed by atoms with E-state index in [1.807, 2.05) is 12.1 Å². The number of sulfonamides is 1. The summed E-state index contributed by atoms with van der Waals surface area (Å²) in [6.07, 6.45) is 1.31. The average Bonchev–Trinajstić information content (AvgIpc) is 3.24. The van der Waals surface area contributed by atoms with E-state index in [2.05, 4.69) is 25.5 Å². The van der Waals surface area contributed by atoms with Gasteiger partial charge in [0.15, 0.2) is 5.78 Å². The molecule has 0 saturated carbocycles. The van der Waals surface area contributed by atoms with Crippen molar-refractivity contribution in [3.05, 3.63) is 89.5 Å². The second-order valence-electron chi connectivity index (χ2n) is 9.49. The molecule has 0 atom stereocenters. The van der Waals surface area contributed by atoms with Gasteiger partial charge in [0.1, 0.15) is 0 Å². The zero-order chi connectivity index (χ0) is 24.5. The third-order valence-electron chi connectivity index (χ3n) is 5.92. The predicted molar refractivity (Wildman–Crippen MR) is 134 cm³/mol. The number of carbonyl (C=O) groups is 2. The number of amides is 1. The van der Waals surface area contributed by atoms with E-state index in [-0.39, 0.29) is 22.0 Å². The maximum absolute atomic E-state index is 13.0. The molecule has 0 aromatic heterocycles. The highest BCUT2D eigenvalue weighted by molar-refractivity contribution is 7.92. The van der Waals surface area contributed by atoms with Crippen LogP contribution < -0.4 is 9.62 Å². The molecule has 1 heterocycles. The van der Waals surface area contributed by atoms with Gasteiger partial charge in [0, 0.05) is 35.5 Å². The number of hydrogen-bond donors (Lipinski definition) is 1. The van der Waals surface area contributed by atoms with Gasteiger partial charge in [-0.15, -0.1) is 0 Å². The van der Waals surface area contributed by atoms with Crippen LogP contribution in [-0.2, 0) is 20.2 Å². The summed E-state index contributed by atoms with van der Waals surface area (Å²) in [5, 5.41) is 0. The number of anilines is 2. The molecule has 1 N–H and O–H groups in total. The van der Waals surface area contributed by atoms with Gasteiger partial charge in [-0.25, -0.2) is 8.42 Å². The minimum absolute atomic E-state index is 0.0119. The molecule has 1 aliphatic rings. The van der Waals surface area contributed by atoms with E-state index in [9.17, 15) is 18.0 Å². The molecular formula is C27H28N2O4S. The van der Waals surface area contributed by atoms with E-state index in [4.69, 9.17) is 0 Å². The molecule has 1 fully saturated rings. The van der Waals surface area contributed by atoms with Gasteiger partial charge in [0.25, 0.3) is 10.0 Å². The van der Waals surface area contributed by atoms with Crippen molar-refractivity contribution in [1.29, 1.82) is 0 Å². The van der Waals surface area contributed by atoms with Crippen LogP contribution in [0.3, 0.4) is 0 Å². The Bertz CT molecular complexity index is 1320. The second kappa shape index (κ2) is 9.06. The molecule has 0 radical (unpaired) electrons. The molecule has 34 heavy (non-hydrogen) atoms. The van der Waals surface area contributed by atoms with Crippen LogP contribution >= 0.6 is 0 Å². The van der Waals surface area contributed by atoms with Gasteiger partial charge in [0.2, 0.25) is 5.91 Å². The van der Waals surface area contributed by atoms with E-state index in [0.717, 1.165) is 12.0 Å². The van der Waals surface area contributed by atoms with Crippen LogP contribution in [0.5, 0.6) is 0 Å². The standard InChI is InChI=1S/C27H28N2O4S/c1-27(2,3)21-11-9-19(10-12-21)26(31)20-6-4-7-22(18-20)28-34(32,33)24-15-13-23(14-16-24)29-17-5-8-25(29)30/h4,6-7,9-16,18,28H,5,8,17H2,1-3H3. The third kappa shape index (κ3) is 5.04. The highest BCUT2D eigenvalue weighted by Crippen LogP contribution is 2.26. The smallest absolute Gasteiger partial charge is 0.261 e. The van der Waals surface area contributed by atoms with Crippen LogP contribution in [0.1, 0.15) is 55.1 Å². The molecule has 0 aliphatic carbocycles. The Labute approximate surface area is 200 Å². The second-order valence-corrected chi connectivity index (χ2v) is 11.2. The summed E-state index contributed by atoms with van der Waals surface area (Å²) in [6.45, 7) is 6.97. The van der Waals surface area contributed by atoms with E-state index in [1.54, 1.807) is 47.4 Å². The first-order valence-corrected chi connectivity index (χ1v) is 12.7. The van der Waals surface area contributed by atoms with Crippen molar-refractivity contribution >= 4 is 33.1 Å². The monoisotopic (exact) mass is 476 g/mol. The van der Waals surface area contributed by atoms with Crippen molar-refractivity contribution in [3.63, 3.8) is 0 Å². The number of hydrogen-bond acceptors (Lipinski definition) is 4. The molecule has 0 bridgehead atoms. The normalized spacial score (nSPS) is 14.3. The van der Waals surface area contributed by atoms with Crippen LogP contribution in [0.25, 0.3) is 0 Å². The highest BCUT2D eigenvalue weighted by Gasteiger charge is 2.23. The lowest BCUT2D eigenvalue weighted by Crippen LogP contribution is -2.23. The van der Waals surface area contributed by atoms with Gasteiger partial charge in [-0.05, 0) is 53.8 Å². The lowest BCUT2D eigenvalue weighted by molar-refractivity contribution is -0.117. The van der Waals surface area contributed by atoms with Crippen LogP contribution in [0, 0.1) is 0 Å². The molecule has 1 saturated heterocycles. The molecule has 1 amide bonds. The van der Waals surface area contributed by atoms with Crippen molar-refractivity contribution in [2.45, 2.75) is 43.9 Å². The quantitative estimate of drug-likeness (QED) is 0.499. The molecular weight excluding hydrogens is 448 g/mol. The van der Waals surface area contributed by atoms with E-state index >= 15 is 0 Å². The van der Waals surface area contributed by atoms with Gasteiger partial charge < -0.3 is 4.90 Å². The summed E-state index contributed by atoms with van der Waals surface area (Å²) < 4.78 is 28.4. The molecule has 7 heteroatoms. The minimum atomic E-state index is -3.86. The lowest BCUT2D eigenvalue weighted by atomic mass is 9.86. The fourth-order valence-electron chi connectivity index (χ4n) is 3.95. The number of nitrogens with zero attached hydrogens (tertiary/aromatic N) is 1. The van der Waals surface area contributed by atoms with Crippen molar-refractivity contribution in [2.75, 3.05) is 16.2 Å². The Hall–Kier alpha value is -3.45. The number of carbonyl (C=O) groups excluding carboxylic acids is 2. The Balaban J connectivity index is 1.51. The zero-order valence-electron chi connectivity index (χ0n) is 19.5. The van der Waals surface area contributed by atoms with E-state index in [1.165, 1.54) is 18.2 Å². The van der Waals surface area contributed by atoms with Gasteiger partial charge in [-0.1, -0.05) is 57.2 Å². The molecule has 6 nitrogen and oxygen atoms in total. The maximum Gasteiger partial charge on any atom is 0.261 e. The lowest BCUT2D eigenvalue weighted by Gasteiger charge is -2.19. The number of ketones is 1. The Kier molecular flexibility index (Phi) is 6.32. The van der Waals surface area contributed by atoms with Crippen LogP contribution in [-0.4, -0.2) is 26.7 Å². The number of rotatable bonds is 6. The molecule has 176 valence electrons. The van der Waals surface area contributed by atoms with Gasteiger partial charge in [0.05, 0.1) is 4.90 Å². The van der Waals surface area contributed by atoms with Crippen LogP contribution in [0.15, 0.2) is 77.7 Å². The highest BCUT2D eigenvalue weighted by atomic mass is 32.2. The van der Waals surface area contributed by atoms with Gasteiger partial charge in [-0.2, -0.15) is 0 Å². The first kappa shape index (κ1) is 23.7. The number of nitrogens with one attached hydrogen (secondary N) is 1. The zero-order valence-corrected chi connectivity index (χ0v) is 20.4. The molecule has 3 aromatic rings. The fourth-order valence-corrected chi connectivity index (χ4v) is 5.00. The Morgan fingerprint density at radius 1 is 0.912 bits per heavy atom. The molecule has 4 rings (SSSR count). The summed E-state index contributed by atoms with van der Waals surface area (Å²) in [4.78, 5) is 26.6. The van der Waals surface area contributed by atoms with Crippen LogP contribution in [0.4, 0.5) is 11.4 Å². The average molecular weight is 477 g/mol. The largest absolute Gasteiger partial charge is 0.312 e. The molecule has 0 unspecified atom stereocenters. The minimum Gasteiger partial charge on any atom is -0.312 e. The van der Waals surface area contributed by atoms with E-state index < -0.39 is 10.0 Å². The Morgan fingerprint density at radius 2 is 1.59 bits per heavy atom. The number of benzene rings is 3. The predicted octanol–water partition coefficient (Wildman–Crippen LogP) is 5.14. The molecule has 3 aromatic carbocycles. The topological polar surface area (TPSA) is 83.6 Å². The first-order valence-electron chi connectivity index (χ1n) is 11.2. The van der Waals surface area contributed by atoms with Crippen LogP contribution in [0.2, 0.25) is 0 Å². The first-order chi connectivity index (χ1) is 16.0. The van der Waals surface area contributed by atoms with Crippen molar-refractivity contribution in [3.8, 4) is 0 Å². The summed E-state index contributed by atoms with van der Waals surface area (Å²) in [7, 11) is -3.86. The van der Waals surface area contributed by atoms with Crippen molar-refractivity contribution in [1.82, 2.24) is 0 Å².